The van der Waals surface area contributed by atoms with Crippen molar-refractivity contribution >= 4 is 57.2 Å². The van der Waals surface area contributed by atoms with Gasteiger partial charge in [0, 0.05) is 67.1 Å². The first-order valence-corrected chi connectivity index (χ1v) is 38.7. The molecule has 0 saturated carbocycles. The first kappa shape index (κ1) is 67.8. The van der Waals surface area contributed by atoms with Crippen molar-refractivity contribution in [2.45, 2.75) is 209 Å². The standard InChI is InChI=1S/C103H112BN3/c1-96(2,3)74-51-71(52-75(59-74)97(4,5)6)70-46-49-86-88(56-70)107(94-83(68-43-35-28-36-44-68)63-79(101(16,17)18)64-84(94)80-47-50-91(102(19,20)21)105-95(80)103(22,23)24)90-58-73(72-53-76(98(7,8)9)60-77(54-72)99(10,11)12)57-89-92(90)104(86)85-48-45-69(65-37-29-25-30-38-65)55-87(85)106(89)93-81(66-39-31-26-32-40-66)61-78(100(13,14)15)62-82(93)67-41-33-27-34-42-67/h25-64H,1-24H3/i25D,29D,30D,37D,38D. The van der Waals surface area contributed by atoms with Crippen LogP contribution in [0.3, 0.4) is 0 Å². The molecule has 0 spiro atoms. The number of hydrogen-bond donors (Lipinski definition) is 0. The van der Waals surface area contributed by atoms with Gasteiger partial charge >= 0.3 is 0 Å². The smallest absolute Gasteiger partial charge is 0.252 e. The van der Waals surface area contributed by atoms with Gasteiger partial charge in [0.15, 0.2) is 0 Å². The SMILES string of the molecule is [2H]c1c([2H])c([2H])c(-c2ccc3c(c2)N(c2c(-c4ccccc4)cc(C(C)(C)C)cc2-c2ccccc2)c2cc(-c4cc(C(C)(C)C)cc(C(C)(C)C)c4)cc4c2B3c2ccc(-c3cc(C(C)(C)C)cc(C(C)(C)C)c3)cc2N4c2c(-c3ccccc3)cc(C(C)(C)C)cc2-c2ccc(C(C)(C)C)nc2C(C)(C)C)c([2H])c1[2H]. The summed E-state index contributed by atoms with van der Waals surface area (Å²) in [5, 5.41) is 0. The van der Waals surface area contributed by atoms with E-state index in [1.165, 1.54) is 33.4 Å². The van der Waals surface area contributed by atoms with Gasteiger partial charge in [-0.2, -0.15) is 0 Å². The summed E-state index contributed by atoms with van der Waals surface area (Å²) in [6, 6.07) is 78.7. The molecule has 542 valence electrons. The van der Waals surface area contributed by atoms with Gasteiger partial charge in [0.2, 0.25) is 0 Å². The molecule has 14 rings (SSSR count). The zero-order chi connectivity index (χ0) is 81.0. The monoisotopic (exact) mass is 1410 g/mol. The van der Waals surface area contributed by atoms with Crippen molar-refractivity contribution in [3.05, 3.63) is 287 Å². The Bertz CT molecular complexity index is 5560. The maximum Gasteiger partial charge on any atom is 0.252 e. The van der Waals surface area contributed by atoms with Crippen LogP contribution in [-0.2, 0) is 43.3 Å². The third-order valence-corrected chi connectivity index (χ3v) is 22.2. The van der Waals surface area contributed by atoms with E-state index >= 15 is 0 Å². The molecule has 0 aliphatic carbocycles. The lowest BCUT2D eigenvalue weighted by Crippen LogP contribution is -2.61. The molecule has 0 radical (unpaired) electrons. The summed E-state index contributed by atoms with van der Waals surface area (Å²) in [7, 11) is 0. The van der Waals surface area contributed by atoms with Crippen LogP contribution in [0.1, 0.15) is 218 Å². The highest BCUT2D eigenvalue weighted by atomic mass is 15.2. The van der Waals surface area contributed by atoms with E-state index in [0.717, 1.165) is 129 Å². The van der Waals surface area contributed by atoms with Crippen LogP contribution < -0.4 is 26.2 Å². The maximum atomic E-state index is 9.76. The van der Waals surface area contributed by atoms with E-state index in [4.69, 9.17) is 6.35 Å². The molecule has 3 nitrogen and oxygen atoms in total. The number of rotatable bonds is 9. The Kier molecular flexibility index (Phi) is 16.8. The number of hydrogen-bond acceptors (Lipinski definition) is 3. The van der Waals surface area contributed by atoms with Crippen LogP contribution in [0.15, 0.2) is 243 Å². The molecule has 12 aromatic rings. The minimum Gasteiger partial charge on any atom is -0.310 e. The van der Waals surface area contributed by atoms with Crippen LogP contribution in [0.5, 0.6) is 0 Å². The first-order valence-electron chi connectivity index (χ1n) is 41.2. The molecule has 0 amide bonds. The third kappa shape index (κ3) is 14.2. The van der Waals surface area contributed by atoms with Crippen molar-refractivity contribution < 1.29 is 6.85 Å². The number of aromatic nitrogens is 1. The molecule has 0 unspecified atom stereocenters. The van der Waals surface area contributed by atoms with E-state index in [-0.39, 0.29) is 67.6 Å². The Labute approximate surface area is 649 Å². The van der Waals surface area contributed by atoms with Crippen molar-refractivity contribution in [1.82, 2.24) is 4.98 Å². The Hall–Kier alpha value is -9.77. The predicted octanol–water partition coefficient (Wildman–Crippen LogP) is 27.2. The molecule has 0 saturated heterocycles. The largest absolute Gasteiger partial charge is 0.310 e. The normalized spacial score (nSPS) is 14.2. The highest BCUT2D eigenvalue weighted by Gasteiger charge is 2.47. The maximum absolute atomic E-state index is 9.76. The second kappa shape index (κ2) is 26.6. The van der Waals surface area contributed by atoms with Gasteiger partial charge in [-0.1, -0.05) is 354 Å². The van der Waals surface area contributed by atoms with Crippen LogP contribution in [-0.4, -0.2) is 11.7 Å². The fourth-order valence-corrected chi connectivity index (χ4v) is 15.7. The second-order valence-electron chi connectivity index (χ2n) is 38.7. The topological polar surface area (TPSA) is 19.4 Å². The number of anilines is 6. The molecule has 0 N–H and O–H groups in total. The average Bonchev–Trinajstić information content (AvgIpc) is 0.684. The Morgan fingerprint density at radius 2 is 0.589 bits per heavy atom. The van der Waals surface area contributed by atoms with Gasteiger partial charge in [-0.05, 0) is 187 Å². The van der Waals surface area contributed by atoms with E-state index in [0.29, 0.717) is 5.56 Å². The number of nitrogens with zero attached hydrogens (tertiary/aromatic N) is 3. The van der Waals surface area contributed by atoms with Crippen LogP contribution in [0.2, 0.25) is 0 Å². The van der Waals surface area contributed by atoms with Gasteiger partial charge in [-0.25, -0.2) is 0 Å². The summed E-state index contributed by atoms with van der Waals surface area (Å²) in [6.07, 6.45) is 0. The lowest BCUT2D eigenvalue weighted by Gasteiger charge is -2.46. The van der Waals surface area contributed by atoms with Crippen molar-refractivity contribution in [3.63, 3.8) is 0 Å². The molecule has 0 bridgehead atoms. The van der Waals surface area contributed by atoms with Gasteiger partial charge in [0.05, 0.1) is 23.9 Å². The lowest BCUT2D eigenvalue weighted by atomic mass is 9.33. The van der Waals surface area contributed by atoms with Gasteiger partial charge in [0.1, 0.15) is 0 Å². The molecule has 0 fully saturated rings. The van der Waals surface area contributed by atoms with Gasteiger partial charge in [-0.15, -0.1) is 0 Å². The molecule has 1 aromatic heterocycles. The lowest BCUT2D eigenvalue weighted by molar-refractivity contribution is 0.532. The Balaban J connectivity index is 1.28. The summed E-state index contributed by atoms with van der Waals surface area (Å²) in [4.78, 5) is 11.1. The molecule has 11 aromatic carbocycles. The van der Waals surface area contributed by atoms with Gasteiger partial charge in [0.25, 0.3) is 6.71 Å². The van der Waals surface area contributed by atoms with E-state index in [1.807, 2.05) is 6.07 Å². The molecule has 4 heteroatoms. The van der Waals surface area contributed by atoms with Crippen molar-refractivity contribution in [1.29, 1.82) is 0 Å². The fraction of sp³-hybridized carbons (Fsp3) is 0.311. The summed E-state index contributed by atoms with van der Waals surface area (Å²) < 4.78 is 46.9. The van der Waals surface area contributed by atoms with Crippen molar-refractivity contribution in [2.75, 3.05) is 9.80 Å². The van der Waals surface area contributed by atoms with Crippen LogP contribution in [0, 0.1) is 0 Å². The molecular weight excluding hydrogens is 1290 g/mol. The van der Waals surface area contributed by atoms with E-state index in [2.05, 4.69) is 382 Å². The first-order chi connectivity index (χ1) is 52.2. The summed E-state index contributed by atoms with van der Waals surface area (Å²) in [5.41, 5.74) is 29.6. The highest BCUT2D eigenvalue weighted by molar-refractivity contribution is 7.00. The fourth-order valence-electron chi connectivity index (χ4n) is 15.7. The Morgan fingerprint density at radius 3 is 0.953 bits per heavy atom. The highest BCUT2D eigenvalue weighted by Crippen LogP contribution is 2.57. The average molecular weight is 1410 g/mol. The van der Waals surface area contributed by atoms with E-state index in [1.54, 1.807) is 0 Å². The number of benzene rings is 11. The number of fused-ring (bicyclic) bond motifs is 4. The van der Waals surface area contributed by atoms with Crippen LogP contribution >= 0.6 is 0 Å². The molecule has 0 atom stereocenters. The van der Waals surface area contributed by atoms with Crippen LogP contribution in [0.4, 0.5) is 34.1 Å². The van der Waals surface area contributed by atoms with Crippen molar-refractivity contribution in [3.8, 4) is 77.9 Å². The van der Waals surface area contributed by atoms with E-state index in [9.17, 15) is 5.48 Å². The molecule has 107 heavy (non-hydrogen) atoms. The minimum atomic E-state index is -0.457. The molecule has 2 aliphatic heterocycles. The molecule has 2 aliphatic rings. The summed E-state index contributed by atoms with van der Waals surface area (Å²) >= 11 is 0. The van der Waals surface area contributed by atoms with Gasteiger partial charge < -0.3 is 9.80 Å². The van der Waals surface area contributed by atoms with E-state index < -0.39 is 18.2 Å². The third-order valence-electron chi connectivity index (χ3n) is 22.2. The summed E-state index contributed by atoms with van der Waals surface area (Å²) in [5.74, 6) is 0. The summed E-state index contributed by atoms with van der Waals surface area (Å²) in [6.45, 7) is 55.0. The molecule has 3 heterocycles. The second-order valence-corrected chi connectivity index (χ2v) is 38.7. The Morgan fingerprint density at radius 1 is 0.262 bits per heavy atom. The predicted molar refractivity (Wildman–Crippen MR) is 466 cm³/mol. The molecular formula is C103H112BN3. The zero-order valence-electron chi connectivity index (χ0n) is 73.1. The minimum absolute atomic E-state index is 0.142. The quantitative estimate of drug-likeness (QED) is 0.134. The number of pyridine rings is 1. The van der Waals surface area contributed by atoms with Gasteiger partial charge in [-0.3, -0.25) is 4.98 Å². The van der Waals surface area contributed by atoms with Crippen molar-refractivity contribution in [2.24, 2.45) is 0 Å². The van der Waals surface area contributed by atoms with Crippen LogP contribution in [0.25, 0.3) is 77.9 Å². The zero-order valence-corrected chi connectivity index (χ0v) is 68.1.